The zero-order chi connectivity index (χ0) is 16.6. The SMILES string of the molecule is CC1(C2CCCN(C(=O)c3nccc4ccccc34)C2)OCCO1. The fourth-order valence-corrected chi connectivity index (χ4v) is 3.80. The van der Waals surface area contributed by atoms with Crippen molar-refractivity contribution in [3.63, 3.8) is 0 Å². The number of rotatable bonds is 2. The van der Waals surface area contributed by atoms with Crippen molar-refractivity contribution in [1.82, 2.24) is 9.88 Å². The molecule has 1 aromatic carbocycles. The molecule has 0 aliphatic carbocycles. The van der Waals surface area contributed by atoms with Gasteiger partial charge >= 0.3 is 0 Å². The van der Waals surface area contributed by atoms with Gasteiger partial charge in [0.25, 0.3) is 5.91 Å². The number of carbonyl (C=O) groups is 1. The van der Waals surface area contributed by atoms with E-state index in [4.69, 9.17) is 9.47 Å². The van der Waals surface area contributed by atoms with Crippen LogP contribution < -0.4 is 0 Å². The van der Waals surface area contributed by atoms with Crippen LogP contribution in [0.25, 0.3) is 10.8 Å². The molecule has 2 saturated heterocycles. The van der Waals surface area contributed by atoms with Gasteiger partial charge in [-0.2, -0.15) is 0 Å². The fourth-order valence-electron chi connectivity index (χ4n) is 3.80. The van der Waals surface area contributed by atoms with Gasteiger partial charge in [0, 0.05) is 30.6 Å². The molecule has 24 heavy (non-hydrogen) atoms. The van der Waals surface area contributed by atoms with Gasteiger partial charge in [0.1, 0.15) is 5.69 Å². The maximum Gasteiger partial charge on any atom is 0.273 e. The molecule has 5 heteroatoms. The summed E-state index contributed by atoms with van der Waals surface area (Å²) in [6.07, 6.45) is 3.69. The Morgan fingerprint density at radius 3 is 2.88 bits per heavy atom. The van der Waals surface area contributed by atoms with E-state index in [1.54, 1.807) is 6.20 Å². The Kier molecular flexibility index (Phi) is 3.98. The van der Waals surface area contributed by atoms with E-state index < -0.39 is 5.79 Å². The first-order valence-corrected chi connectivity index (χ1v) is 8.58. The third kappa shape index (κ3) is 2.68. The van der Waals surface area contributed by atoms with Crippen LogP contribution in [0.2, 0.25) is 0 Å². The standard InChI is InChI=1S/C19H22N2O3/c1-19(23-11-12-24-19)15-6-4-10-21(13-15)18(22)17-16-7-3-2-5-14(16)8-9-20-17/h2-3,5,7-9,15H,4,6,10-13H2,1H3. The molecule has 4 rings (SSSR count). The summed E-state index contributed by atoms with van der Waals surface area (Å²) < 4.78 is 11.6. The molecule has 0 bridgehead atoms. The number of amides is 1. The Balaban J connectivity index is 1.59. The highest BCUT2D eigenvalue weighted by Crippen LogP contribution is 2.34. The normalized spacial score (nSPS) is 23.5. The largest absolute Gasteiger partial charge is 0.347 e. The van der Waals surface area contributed by atoms with Gasteiger partial charge < -0.3 is 14.4 Å². The van der Waals surface area contributed by atoms with Crippen LogP contribution in [0.5, 0.6) is 0 Å². The molecule has 0 radical (unpaired) electrons. The molecule has 0 N–H and O–H groups in total. The van der Waals surface area contributed by atoms with Crippen molar-refractivity contribution in [2.45, 2.75) is 25.6 Å². The molecule has 2 aromatic rings. The molecule has 1 amide bonds. The number of fused-ring (bicyclic) bond motifs is 1. The molecule has 1 aromatic heterocycles. The number of pyridine rings is 1. The lowest BCUT2D eigenvalue weighted by Gasteiger charge is -2.39. The maximum atomic E-state index is 13.1. The van der Waals surface area contributed by atoms with Gasteiger partial charge in [-0.1, -0.05) is 24.3 Å². The number of hydrogen-bond acceptors (Lipinski definition) is 4. The minimum Gasteiger partial charge on any atom is -0.347 e. The van der Waals surface area contributed by atoms with Gasteiger partial charge in [-0.25, -0.2) is 0 Å². The first-order chi connectivity index (χ1) is 11.7. The molecule has 0 saturated carbocycles. The minimum atomic E-state index is -0.564. The smallest absolute Gasteiger partial charge is 0.273 e. The van der Waals surface area contributed by atoms with Crippen molar-refractivity contribution in [1.29, 1.82) is 0 Å². The minimum absolute atomic E-state index is 0.00176. The summed E-state index contributed by atoms with van der Waals surface area (Å²) in [5, 5.41) is 1.95. The number of carbonyl (C=O) groups excluding carboxylic acids is 1. The number of ether oxygens (including phenoxy) is 2. The van der Waals surface area contributed by atoms with Crippen LogP contribution in [-0.4, -0.2) is 47.9 Å². The lowest BCUT2D eigenvalue weighted by atomic mass is 9.90. The Hall–Kier alpha value is -1.98. The van der Waals surface area contributed by atoms with E-state index in [1.165, 1.54) is 0 Å². The number of benzene rings is 1. The summed E-state index contributed by atoms with van der Waals surface area (Å²) in [6.45, 7) is 4.67. The van der Waals surface area contributed by atoms with Crippen LogP contribution in [0.4, 0.5) is 0 Å². The van der Waals surface area contributed by atoms with E-state index >= 15 is 0 Å². The molecule has 0 spiro atoms. The van der Waals surface area contributed by atoms with Crippen LogP contribution in [0.1, 0.15) is 30.3 Å². The molecular formula is C19H22N2O3. The van der Waals surface area contributed by atoms with Crippen molar-refractivity contribution in [2.75, 3.05) is 26.3 Å². The predicted octanol–water partition coefficient (Wildman–Crippen LogP) is 2.85. The second-order valence-corrected chi connectivity index (χ2v) is 6.68. The summed E-state index contributed by atoms with van der Waals surface area (Å²) in [5.41, 5.74) is 0.534. The summed E-state index contributed by atoms with van der Waals surface area (Å²) in [7, 11) is 0. The van der Waals surface area contributed by atoms with Crippen LogP contribution in [-0.2, 0) is 9.47 Å². The van der Waals surface area contributed by atoms with E-state index in [9.17, 15) is 4.79 Å². The van der Waals surface area contributed by atoms with Crippen LogP contribution in [0.3, 0.4) is 0 Å². The third-order valence-electron chi connectivity index (χ3n) is 5.19. The number of hydrogen-bond donors (Lipinski definition) is 0. The van der Waals surface area contributed by atoms with Crippen LogP contribution in [0, 0.1) is 5.92 Å². The zero-order valence-electron chi connectivity index (χ0n) is 13.9. The third-order valence-corrected chi connectivity index (χ3v) is 5.19. The highest BCUT2D eigenvalue weighted by molar-refractivity contribution is 6.05. The number of piperidine rings is 1. The van der Waals surface area contributed by atoms with Gasteiger partial charge in [-0.3, -0.25) is 9.78 Å². The van der Waals surface area contributed by atoms with E-state index in [0.29, 0.717) is 25.5 Å². The van der Waals surface area contributed by atoms with Crippen molar-refractivity contribution in [3.05, 3.63) is 42.2 Å². The Labute approximate surface area is 141 Å². The average Bonchev–Trinajstić information content (AvgIpc) is 3.09. The van der Waals surface area contributed by atoms with Gasteiger partial charge in [-0.15, -0.1) is 0 Å². The Bertz CT molecular complexity index is 750. The Morgan fingerprint density at radius 1 is 1.25 bits per heavy atom. The molecular weight excluding hydrogens is 304 g/mol. The van der Waals surface area contributed by atoms with Gasteiger partial charge in [0.15, 0.2) is 5.79 Å². The van der Waals surface area contributed by atoms with E-state index in [1.807, 2.05) is 42.2 Å². The first kappa shape index (κ1) is 15.5. The number of nitrogens with zero attached hydrogens (tertiary/aromatic N) is 2. The highest BCUT2D eigenvalue weighted by atomic mass is 16.7. The molecule has 1 unspecified atom stereocenters. The topological polar surface area (TPSA) is 51.7 Å². The van der Waals surface area contributed by atoms with Gasteiger partial charge in [-0.05, 0) is 31.2 Å². The summed E-state index contributed by atoms with van der Waals surface area (Å²) in [6, 6.07) is 9.83. The average molecular weight is 326 g/mol. The second kappa shape index (κ2) is 6.15. The van der Waals surface area contributed by atoms with Crippen molar-refractivity contribution >= 4 is 16.7 Å². The Morgan fingerprint density at radius 2 is 2.04 bits per heavy atom. The predicted molar refractivity (Wildman–Crippen MR) is 90.7 cm³/mol. The molecule has 2 aliphatic heterocycles. The van der Waals surface area contributed by atoms with Crippen molar-refractivity contribution in [3.8, 4) is 0 Å². The summed E-state index contributed by atoms with van der Waals surface area (Å²) in [5.74, 6) is -0.365. The molecule has 2 fully saturated rings. The second-order valence-electron chi connectivity index (χ2n) is 6.68. The lowest BCUT2D eigenvalue weighted by Crippen LogP contribution is -2.48. The first-order valence-electron chi connectivity index (χ1n) is 8.58. The van der Waals surface area contributed by atoms with Crippen LogP contribution >= 0.6 is 0 Å². The molecule has 126 valence electrons. The highest BCUT2D eigenvalue weighted by Gasteiger charge is 2.42. The van der Waals surface area contributed by atoms with Gasteiger partial charge in [0.05, 0.1) is 13.2 Å². The summed E-state index contributed by atoms with van der Waals surface area (Å²) >= 11 is 0. The maximum absolute atomic E-state index is 13.1. The summed E-state index contributed by atoms with van der Waals surface area (Å²) in [4.78, 5) is 19.3. The fraction of sp³-hybridized carbons (Fsp3) is 0.474. The lowest BCUT2D eigenvalue weighted by molar-refractivity contribution is -0.189. The van der Waals surface area contributed by atoms with Gasteiger partial charge in [0.2, 0.25) is 0 Å². The van der Waals surface area contributed by atoms with E-state index in [0.717, 1.165) is 30.2 Å². The van der Waals surface area contributed by atoms with Crippen molar-refractivity contribution in [2.24, 2.45) is 5.92 Å². The van der Waals surface area contributed by atoms with E-state index in [2.05, 4.69) is 4.98 Å². The number of aromatic nitrogens is 1. The van der Waals surface area contributed by atoms with E-state index in [-0.39, 0.29) is 11.8 Å². The quantitative estimate of drug-likeness (QED) is 0.851. The monoisotopic (exact) mass is 326 g/mol. The molecule has 2 aliphatic rings. The molecule has 5 nitrogen and oxygen atoms in total. The zero-order valence-corrected chi connectivity index (χ0v) is 13.9. The molecule has 3 heterocycles. The van der Waals surface area contributed by atoms with Crippen molar-refractivity contribution < 1.29 is 14.3 Å². The number of likely N-dealkylation sites (tertiary alicyclic amines) is 1. The molecule has 1 atom stereocenters. The van der Waals surface area contributed by atoms with Crippen LogP contribution in [0.15, 0.2) is 36.5 Å².